The van der Waals surface area contributed by atoms with Crippen molar-refractivity contribution in [3.05, 3.63) is 44.5 Å². The Hall–Kier alpha value is -2.49. The molecule has 2 N–H and O–H groups in total. The first kappa shape index (κ1) is 20.8. The third kappa shape index (κ3) is 4.62. The number of esters is 1. The zero-order valence-electron chi connectivity index (χ0n) is 14.4. The highest BCUT2D eigenvalue weighted by atomic mass is 35.5. The molecule has 1 aromatic heterocycles. The van der Waals surface area contributed by atoms with E-state index in [1.54, 1.807) is 13.8 Å². The molecule has 1 aliphatic rings. The van der Waals surface area contributed by atoms with Crippen molar-refractivity contribution >= 4 is 23.6 Å². The molecule has 7 nitrogen and oxygen atoms in total. The Balaban J connectivity index is 2.57. The van der Waals surface area contributed by atoms with Crippen LogP contribution in [0.4, 0.5) is 18.0 Å². The molecule has 148 valence electrons. The van der Waals surface area contributed by atoms with Gasteiger partial charge in [-0.05, 0) is 19.4 Å². The summed E-state index contributed by atoms with van der Waals surface area (Å²) in [5.41, 5.74) is -2.00. The largest absolute Gasteiger partial charge is 0.463 e. The summed E-state index contributed by atoms with van der Waals surface area (Å²) in [6, 6.07) is -0.822. The number of aromatic nitrogens is 1. The maximum absolute atomic E-state index is 13.0. The third-order valence-electron chi connectivity index (χ3n) is 3.85. The van der Waals surface area contributed by atoms with Crippen molar-refractivity contribution in [2.24, 2.45) is 0 Å². The number of rotatable bonds is 5. The minimum absolute atomic E-state index is 0.0264. The molecule has 0 unspecified atom stereocenters. The third-order valence-corrected chi connectivity index (χ3v) is 4.12. The molecule has 11 heteroatoms. The smallest absolute Gasteiger partial charge is 0.417 e. The molecule has 0 saturated heterocycles. The van der Waals surface area contributed by atoms with Gasteiger partial charge in [-0.1, -0.05) is 18.5 Å². The quantitative estimate of drug-likeness (QED) is 0.734. The van der Waals surface area contributed by atoms with Crippen LogP contribution in [0.15, 0.2) is 28.3 Å². The predicted molar refractivity (Wildman–Crippen MR) is 90.1 cm³/mol. The van der Waals surface area contributed by atoms with Crippen LogP contribution in [-0.2, 0) is 22.3 Å². The number of alkyl halides is 3. The highest BCUT2D eigenvalue weighted by molar-refractivity contribution is 6.30. The van der Waals surface area contributed by atoms with Crippen LogP contribution < -0.4 is 16.2 Å². The Bertz CT molecular complexity index is 848. The second-order valence-corrected chi connectivity index (χ2v) is 6.09. The number of carbonyl (C=O) groups excluding carboxylic acids is 2. The van der Waals surface area contributed by atoms with Crippen LogP contribution >= 0.6 is 11.6 Å². The number of hydrogen-bond donors (Lipinski definition) is 2. The summed E-state index contributed by atoms with van der Waals surface area (Å²) in [5, 5.41) is 4.27. The predicted octanol–water partition coefficient (Wildman–Crippen LogP) is 2.43. The van der Waals surface area contributed by atoms with Crippen molar-refractivity contribution < 1.29 is 27.5 Å². The average Bonchev–Trinajstić information content (AvgIpc) is 2.57. The van der Waals surface area contributed by atoms with Gasteiger partial charge in [0.2, 0.25) is 0 Å². The summed E-state index contributed by atoms with van der Waals surface area (Å²) in [5.74, 6) is -0.738. The molecule has 2 heterocycles. The van der Waals surface area contributed by atoms with Crippen LogP contribution in [0.25, 0.3) is 0 Å². The maximum atomic E-state index is 13.0. The molecule has 0 bridgehead atoms. The van der Waals surface area contributed by atoms with Crippen LogP contribution in [0, 0.1) is 0 Å². The number of ether oxygens (including phenoxy) is 1. The van der Waals surface area contributed by atoms with Gasteiger partial charge in [-0.3, -0.25) is 4.79 Å². The highest BCUT2D eigenvalue weighted by Crippen LogP contribution is 2.30. The molecule has 1 atom stereocenters. The van der Waals surface area contributed by atoms with Gasteiger partial charge in [0.15, 0.2) is 0 Å². The van der Waals surface area contributed by atoms with Gasteiger partial charge in [-0.2, -0.15) is 13.2 Å². The summed E-state index contributed by atoms with van der Waals surface area (Å²) < 4.78 is 44.7. The van der Waals surface area contributed by atoms with Crippen molar-refractivity contribution in [1.82, 2.24) is 15.2 Å². The first-order chi connectivity index (χ1) is 12.6. The molecular weight excluding hydrogens is 391 g/mol. The van der Waals surface area contributed by atoms with Gasteiger partial charge < -0.3 is 19.9 Å². The van der Waals surface area contributed by atoms with Gasteiger partial charge in [-0.15, -0.1) is 0 Å². The van der Waals surface area contributed by atoms with Crippen LogP contribution in [0.5, 0.6) is 0 Å². The second-order valence-electron chi connectivity index (χ2n) is 5.68. The van der Waals surface area contributed by atoms with Gasteiger partial charge in [0.25, 0.3) is 5.56 Å². The van der Waals surface area contributed by atoms with E-state index in [1.165, 1.54) is 0 Å². The molecular formula is C16H17ClF3N3O4. The minimum Gasteiger partial charge on any atom is -0.463 e. The van der Waals surface area contributed by atoms with E-state index in [9.17, 15) is 27.6 Å². The Morgan fingerprint density at radius 2 is 2.00 bits per heavy atom. The van der Waals surface area contributed by atoms with Gasteiger partial charge in [-0.25, -0.2) is 9.59 Å². The van der Waals surface area contributed by atoms with Gasteiger partial charge in [0.05, 0.1) is 36.0 Å². The van der Waals surface area contributed by atoms with E-state index in [0.717, 1.165) is 0 Å². The standard InChI is InChI=1S/C16H17ClF3N3O4/c1-3-10-12(14(25)27-4-2)11(22-15(26)21-10)7-23-6-8(16(18,19)20)5-9(17)13(23)24/h5-6,10H,3-4,7H2,1-2H3,(H2,21,22,26)/t10-/m1/s1. The van der Waals surface area contributed by atoms with E-state index < -0.39 is 46.9 Å². The SMILES string of the molecule is CCOC(=O)C1=C(Cn2cc(C(F)(F)F)cc(Cl)c2=O)NC(=O)N[C@@H]1CC. The molecule has 1 aliphatic heterocycles. The summed E-state index contributed by atoms with van der Waals surface area (Å²) >= 11 is 5.64. The first-order valence-corrected chi connectivity index (χ1v) is 8.41. The first-order valence-electron chi connectivity index (χ1n) is 8.03. The Morgan fingerprint density at radius 1 is 1.33 bits per heavy atom. The van der Waals surface area contributed by atoms with Crippen molar-refractivity contribution in [2.45, 2.75) is 39.0 Å². The van der Waals surface area contributed by atoms with Crippen LogP contribution in [-0.4, -0.2) is 29.2 Å². The number of carbonyl (C=O) groups is 2. The molecule has 27 heavy (non-hydrogen) atoms. The number of halogens is 4. The average molecular weight is 408 g/mol. The summed E-state index contributed by atoms with van der Waals surface area (Å²) in [6.07, 6.45) is -3.80. The molecule has 0 aromatic carbocycles. The van der Waals surface area contributed by atoms with Gasteiger partial charge >= 0.3 is 18.2 Å². The van der Waals surface area contributed by atoms with Crippen molar-refractivity contribution in [2.75, 3.05) is 6.61 Å². The minimum atomic E-state index is -4.72. The molecule has 0 spiro atoms. The lowest BCUT2D eigenvalue weighted by Gasteiger charge is -2.28. The van der Waals surface area contributed by atoms with Crippen molar-refractivity contribution in [3.63, 3.8) is 0 Å². The fourth-order valence-corrected chi connectivity index (χ4v) is 2.85. The molecule has 0 radical (unpaired) electrons. The highest BCUT2D eigenvalue weighted by Gasteiger charge is 2.34. The Labute approximate surface area is 157 Å². The van der Waals surface area contributed by atoms with Gasteiger partial charge in [0, 0.05) is 6.20 Å². The van der Waals surface area contributed by atoms with Crippen LogP contribution in [0.1, 0.15) is 25.8 Å². The van der Waals surface area contributed by atoms with Crippen molar-refractivity contribution in [3.8, 4) is 0 Å². The molecule has 0 aliphatic carbocycles. The lowest BCUT2D eigenvalue weighted by molar-refractivity contribution is -0.139. The fraction of sp³-hybridized carbons (Fsp3) is 0.438. The summed E-state index contributed by atoms with van der Waals surface area (Å²) in [7, 11) is 0. The van der Waals surface area contributed by atoms with Crippen LogP contribution in [0.2, 0.25) is 5.02 Å². The van der Waals surface area contributed by atoms with E-state index in [1.807, 2.05) is 0 Å². The summed E-state index contributed by atoms with van der Waals surface area (Å²) in [4.78, 5) is 36.3. The lowest BCUT2D eigenvalue weighted by Crippen LogP contribution is -2.51. The zero-order valence-corrected chi connectivity index (χ0v) is 15.2. The second kappa shape index (κ2) is 8.03. The molecule has 2 amide bonds. The molecule has 1 aromatic rings. The Kier molecular flexibility index (Phi) is 6.19. The molecule has 0 saturated carbocycles. The van der Waals surface area contributed by atoms with E-state index in [2.05, 4.69) is 10.6 Å². The van der Waals surface area contributed by atoms with E-state index in [4.69, 9.17) is 16.3 Å². The molecule has 2 rings (SSSR count). The number of urea groups is 1. The number of nitrogens with one attached hydrogen (secondary N) is 2. The van der Waals surface area contributed by atoms with Crippen molar-refractivity contribution in [1.29, 1.82) is 0 Å². The van der Waals surface area contributed by atoms with E-state index >= 15 is 0 Å². The topological polar surface area (TPSA) is 89.4 Å². The number of allylic oxidation sites excluding steroid dienone is 1. The lowest BCUT2D eigenvalue weighted by atomic mass is 10.00. The number of hydrogen-bond acceptors (Lipinski definition) is 4. The summed E-state index contributed by atoms with van der Waals surface area (Å²) in [6.45, 7) is 2.88. The monoisotopic (exact) mass is 407 g/mol. The Morgan fingerprint density at radius 3 is 2.56 bits per heavy atom. The maximum Gasteiger partial charge on any atom is 0.417 e. The van der Waals surface area contributed by atoms with Crippen LogP contribution in [0.3, 0.4) is 0 Å². The number of amides is 2. The number of nitrogens with zero attached hydrogens (tertiary/aromatic N) is 1. The fourth-order valence-electron chi connectivity index (χ4n) is 2.63. The van der Waals surface area contributed by atoms with Gasteiger partial charge in [0.1, 0.15) is 5.02 Å². The van der Waals surface area contributed by atoms with E-state index in [0.29, 0.717) is 23.3 Å². The number of pyridine rings is 1. The normalized spacial score (nSPS) is 17.4. The molecule has 0 fully saturated rings. The van der Waals surface area contributed by atoms with E-state index in [-0.39, 0.29) is 17.9 Å². The zero-order chi connectivity index (χ0) is 20.4.